The molecule has 34 heavy (non-hydrogen) atoms. The molecule has 0 bridgehead atoms. The maximum Gasteiger partial charge on any atom is 0.243 e. The van der Waals surface area contributed by atoms with Gasteiger partial charge in [-0.05, 0) is 73.2 Å². The van der Waals surface area contributed by atoms with Gasteiger partial charge >= 0.3 is 0 Å². The van der Waals surface area contributed by atoms with Crippen molar-refractivity contribution in [3.8, 4) is 5.75 Å². The number of methoxy groups -OCH3 is 1. The SMILES string of the molecule is COc1ccc(CCC(C)NC(=O)C2CCN(S(=O)(=O)c3ccc4ccccc4c3)CC2)cc1. The lowest BCUT2D eigenvalue weighted by molar-refractivity contribution is -0.126. The van der Waals surface area contributed by atoms with Crippen molar-refractivity contribution in [3.05, 3.63) is 72.3 Å². The maximum absolute atomic E-state index is 13.2. The molecule has 7 heteroatoms. The van der Waals surface area contributed by atoms with E-state index in [2.05, 4.69) is 5.32 Å². The minimum absolute atomic E-state index is 0.0185. The van der Waals surface area contributed by atoms with Gasteiger partial charge in [0.2, 0.25) is 15.9 Å². The van der Waals surface area contributed by atoms with E-state index in [4.69, 9.17) is 4.74 Å². The number of carbonyl (C=O) groups is 1. The molecule has 0 aromatic heterocycles. The molecule has 3 aromatic carbocycles. The first-order valence-corrected chi connectivity index (χ1v) is 13.2. The van der Waals surface area contributed by atoms with Crippen molar-refractivity contribution in [3.63, 3.8) is 0 Å². The van der Waals surface area contributed by atoms with Gasteiger partial charge in [-0.1, -0.05) is 42.5 Å². The summed E-state index contributed by atoms with van der Waals surface area (Å²) in [5, 5.41) is 5.03. The Labute approximate surface area is 202 Å². The summed E-state index contributed by atoms with van der Waals surface area (Å²) in [5.41, 5.74) is 1.20. The third-order valence-electron chi connectivity index (χ3n) is 6.60. The van der Waals surface area contributed by atoms with Crippen molar-refractivity contribution in [1.29, 1.82) is 0 Å². The number of hydrogen-bond acceptors (Lipinski definition) is 4. The molecule has 1 fully saturated rings. The number of piperidine rings is 1. The Bertz CT molecular complexity index is 1230. The Kier molecular flexibility index (Phi) is 7.54. The number of carbonyl (C=O) groups excluding carboxylic acids is 1. The largest absolute Gasteiger partial charge is 0.497 e. The highest BCUT2D eigenvalue weighted by atomic mass is 32.2. The zero-order chi connectivity index (χ0) is 24.1. The number of benzene rings is 3. The molecule has 0 radical (unpaired) electrons. The Hall–Kier alpha value is -2.90. The summed E-state index contributed by atoms with van der Waals surface area (Å²) in [7, 11) is -1.93. The van der Waals surface area contributed by atoms with Gasteiger partial charge in [0.1, 0.15) is 5.75 Å². The Morgan fingerprint density at radius 1 is 1.03 bits per heavy atom. The molecular weight excluding hydrogens is 448 g/mol. The van der Waals surface area contributed by atoms with Crippen molar-refractivity contribution in [2.45, 2.75) is 43.5 Å². The fourth-order valence-corrected chi connectivity index (χ4v) is 5.95. The van der Waals surface area contributed by atoms with E-state index in [1.54, 1.807) is 19.2 Å². The molecule has 1 aliphatic rings. The van der Waals surface area contributed by atoms with E-state index in [0.717, 1.165) is 29.4 Å². The first-order valence-electron chi connectivity index (χ1n) is 11.8. The van der Waals surface area contributed by atoms with Crippen molar-refractivity contribution in [1.82, 2.24) is 9.62 Å². The summed E-state index contributed by atoms with van der Waals surface area (Å²) in [6.07, 6.45) is 2.77. The quantitative estimate of drug-likeness (QED) is 0.519. The lowest BCUT2D eigenvalue weighted by Gasteiger charge is -2.31. The summed E-state index contributed by atoms with van der Waals surface area (Å²) in [4.78, 5) is 13.1. The monoisotopic (exact) mass is 480 g/mol. The van der Waals surface area contributed by atoms with Crippen LogP contribution in [0.25, 0.3) is 10.8 Å². The lowest BCUT2D eigenvalue weighted by Crippen LogP contribution is -2.44. The number of sulfonamides is 1. The highest BCUT2D eigenvalue weighted by molar-refractivity contribution is 7.89. The van der Waals surface area contributed by atoms with Gasteiger partial charge in [0.05, 0.1) is 12.0 Å². The van der Waals surface area contributed by atoms with Crippen LogP contribution in [0.5, 0.6) is 5.75 Å². The molecule has 4 rings (SSSR count). The molecule has 0 spiro atoms. The average Bonchev–Trinajstić information content (AvgIpc) is 2.87. The first-order chi connectivity index (χ1) is 16.4. The van der Waals surface area contributed by atoms with Gasteiger partial charge in [0.25, 0.3) is 0 Å². The fraction of sp³-hybridized carbons (Fsp3) is 0.370. The Morgan fingerprint density at radius 3 is 2.38 bits per heavy atom. The number of nitrogens with one attached hydrogen (secondary N) is 1. The fourth-order valence-electron chi connectivity index (χ4n) is 4.44. The summed E-state index contributed by atoms with van der Waals surface area (Å²) in [6.45, 7) is 2.72. The molecular formula is C27H32N2O4S. The standard InChI is InChI=1S/C27H32N2O4S/c1-20(7-8-21-9-12-25(33-2)13-10-21)28-27(30)23-15-17-29(18-16-23)34(31,32)26-14-11-22-5-3-4-6-24(22)19-26/h3-6,9-14,19-20,23H,7-8,15-18H2,1-2H3,(H,28,30). The van der Waals surface area contributed by atoms with Crippen LogP contribution in [0.15, 0.2) is 71.6 Å². The Balaban J connectivity index is 1.28. The molecule has 1 amide bonds. The summed E-state index contributed by atoms with van der Waals surface area (Å²) in [6, 6.07) is 21.0. The average molecular weight is 481 g/mol. The second-order valence-electron chi connectivity index (χ2n) is 8.98. The molecule has 1 N–H and O–H groups in total. The van der Waals surface area contributed by atoms with E-state index in [0.29, 0.717) is 30.8 Å². The van der Waals surface area contributed by atoms with Crippen LogP contribution in [-0.4, -0.2) is 44.9 Å². The molecule has 180 valence electrons. The first kappa shape index (κ1) is 24.2. The second kappa shape index (κ2) is 10.6. The van der Waals surface area contributed by atoms with Crippen LogP contribution in [0, 0.1) is 5.92 Å². The van der Waals surface area contributed by atoms with Crippen LogP contribution >= 0.6 is 0 Å². The highest BCUT2D eigenvalue weighted by Gasteiger charge is 2.32. The van der Waals surface area contributed by atoms with Gasteiger partial charge in [-0.3, -0.25) is 4.79 Å². The second-order valence-corrected chi connectivity index (χ2v) is 10.9. The molecule has 0 saturated carbocycles. The van der Waals surface area contributed by atoms with Crippen molar-refractivity contribution < 1.29 is 17.9 Å². The van der Waals surface area contributed by atoms with Crippen LogP contribution in [0.2, 0.25) is 0 Å². The minimum Gasteiger partial charge on any atom is -0.497 e. The van der Waals surface area contributed by atoms with E-state index >= 15 is 0 Å². The van der Waals surface area contributed by atoms with Crippen LogP contribution < -0.4 is 10.1 Å². The van der Waals surface area contributed by atoms with Crippen LogP contribution in [0.1, 0.15) is 31.7 Å². The van der Waals surface area contributed by atoms with Crippen molar-refractivity contribution in [2.24, 2.45) is 5.92 Å². The van der Waals surface area contributed by atoms with E-state index in [9.17, 15) is 13.2 Å². The number of aryl methyl sites for hydroxylation is 1. The zero-order valence-corrected chi connectivity index (χ0v) is 20.6. The van der Waals surface area contributed by atoms with Gasteiger partial charge in [0, 0.05) is 25.0 Å². The molecule has 3 aromatic rings. The molecule has 0 aliphatic carbocycles. The Morgan fingerprint density at radius 2 is 1.71 bits per heavy atom. The lowest BCUT2D eigenvalue weighted by atomic mass is 9.96. The predicted molar refractivity (Wildman–Crippen MR) is 134 cm³/mol. The third kappa shape index (κ3) is 5.59. The number of rotatable bonds is 8. The van der Waals surface area contributed by atoms with E-state index < -0.39 is 10.0 Å². The molecule has 1 atom stereocenters. The van der Waals surface area contributed by atoms with Gasteiger partial charge in [-0.2, -0.15) is 4.31 Å². The summed E-state index contributed by atoms with van der Waals surface area (Å²) < 4.78 is 33.0. The van der Waals surface area contributed by atoms with E-state index in [1.807, 2.05) is 61.5 Å². The van der Waals surface area contributed by atoms with Crippen LogP contribution in [-0.2, 0) is 21.2 Å². The summed E-state index contributed by atoms with van der Waals surface area (Å²) in [5.74, 6) is 0.690. The van der Waals surface area contributed by atoms with Crippen LogP contribution in [0.3, 0.4) is 0 Å². The highest BCUT2D eigenvalue weighted by Crippen LogP contribution is 2.26. The number of amides is 1. The normalized spacial score (nSPS) is 16.3. The topological polar surface area (TPSA) is 75.7 Å². The van der Waals surface area contributed by atoms with Gasteiger partial charge in [0.15, 0.2) is 0 Å². The molecule has 1 saturated heterocycles. The van der Waals surface area contributed by atoms with Crippen molar-refractivity contribution in [2.75, 3.05) is 20.2 Å². The molecule has 6 nitrogen and oxygen atoms in total. The van der Waals surface area contributed by atoms with Crippen molar-refractivity contribution >= 4 is 26.7 Å². The van der Waals surface area contributed by atoms with Gasteiger partial charge < -0.3 is 10.1 Å². The third-order valence-corrected chi connectivity index (χ3v) is 8.49. The van der Waals surface area contributed by atoms with Gasteiger partial charge in [-0.25, -0.2) is 8.42 Å². The summed E-state index contributed by atoms with van der Waals surface area (Å²) >= 11 is 0. The van der Waals surface area contributed by atoms with E-state index in [-0.39, 0.29) is 17.9 Å². The predicted octanol–water partition coefficient (Wildman–Crippen LogP) is 4.39. The number of nitrogens with zero attached hydrogens (tertiary/aromatic N) is 1. The van der Waals surface area contributed by atoms with Crippen LogP contribution in [0.4, 0.5) is 0 Å². The molecule has 1 unspecified atom stereocenters. The minimum atomic E-state index is -3.58. The molecule has 1 heterocycles. The number of fused-ring (bicyclic) bond motifs is 1. The van der Waals surface area contributed by atoms with E-state index in [1.165, 1.54) is 9.87 Å². The zero-order valence-electron chi connectivity index (χ0n) is 19.7. The van der Waals surface area contributed by atoms with Gasteiger partial charge in [-0.15, -0.1) is 0 Å². The number of hydrogen-bond donors (Lipinski definition) is 1. The number of ether oxygens (including phenoxy) is 1. The maximum atomic E-state index is 13.2. The molecule has 1 aliphatic heterocycles. The smallest absolute Gasteiger partial charge is 0.243 e.